The van der Waals surface area contributed by atoms with Gasteiger partial charge in [0.2, 0.25) is 0 Å². The predicted octanol–water partition coefficient (Wildman–Crippen LogP) is 5.89. The predicted molar refractivity (Wildman–Crippen MR) is 100 cm³/mol. The molecule has 0 saturated carbocycles. The molecule has 1 unspecified atom stereocenters. The molecule has 0 bridgehead atoms. The highest BCUT2D eigenvalue weighted by atomic mass is 16.5. The van der Waals surface area contributed by atoms with E-state index >= 15 is 0 Å². The van der Waals surface area contributed by atoms with E-state index in [2.05, 4.69) is 21.7 Å². The van der Waals surface area contributed by atoms with Gasteiger partial charge in [-0.1, -0.05) is 50.6 Å². The van der Waals surface area contributed by atoms with Crippen molar-refractivity contribution in [3.8, 4) is 0 Å². The van der Waals surface area contributed by atoms with Crippen LogP contribution in [0, 0.1) is 0 Å². The van der Waals surface area contributed by atoms with Crippen molar-refractivity contribution < 1.29 is 14.3 Å². The number of methoxy groups -OCH3 is 1. The van der Waals surface area contributed by atoms with E-state index in [9.17, 15) is 9.59 Å². The van der Waals surface area contributed by atoms with Crippen LogP contribution in [-0.2, 0) is 14.3 Å². The molecule has 6 heteroatoms. The lowest BCUT2D eigenvalue weighted by atomic mass is 10.00. The van der Waals surface area contributed by atoms with Gasteiger partial charge in [-0.2, -0.15) is 0 Å². The van der Waals surface area contributed by atoms with Crippen molar-refractivity contribution in [2.75, 3.05) is 7.11 Å². The fourth-order valence-corrected chi connectivity index (χ4v) is 2.85. The lowest BCUT2D eigenvalue weighted by molar-refractivity contribution is -0.140. The number of carbonyl (C=O) groups excluding carboxylic acids is 2. The number of esters is 1. The smallest absolute Gasteiger partial charge is 0.305 e. The minimum absolute atomic E-state index is 0.00325. The molecule has 0 N–H and O–H groups in total. The van der Waals surface area contributed by atoms with E-state index in [1.54, 1.807) is 0 Å². The highest BCUT2D eigenvalue weighted by molar-refractivity contribution is 5.78. The summed E-state index contributed by atoms with van der Waals surface area (Å²) in [6.07, 6.45) is 12.6. The van der Waals surface area contributed by atoms with Gasteiger partial charge < -0.3 is 4.74 Å². The Balaban J connectivity index is 3.72. The molecule has 0 aliphatic carbocycles. The summed E-state index contributed by atoms with van der Waals surface area (Å²) in [5.74, 6) is 0.186. The van der Waals surface area contributed by atoms with E-state index in [1.165, 1.54) is 7.11 Å². The number of ether oxygens (including phenoxy) is 1. The van der Waals surface area contributed by atoms with Gasteiger partial charge in [0, 0.05) is 30.2 Å². The van der Waals surface area contributed by atoms with Crippen molar-refractivity contribution in [2.45, 2.75) is 103 Å². The lowest BCUT2D eigenvalue weighted by Gasteiger charge is -2.10. The third-order valence-corrected chi connectivity index (χ3v) is 4.41. The molecule has 0 spiro atoms. The van der Waals surface area contributed by atoms with E-state index < -0.39 is 0 Å². The Bertz CT molecular complexity index is 407. The van der Waals surface area contributed by atoms with Gasteiger partial charge in [-0.05, 0) is 37.6 Å². The number of hydrogen-bond acceptors (Lipinski definition) is 4. The first-order valence-electron chi connectivity index (χ1n) is 9.76. The number of ketones is 1. The Morgan fingerprint density at radius 3 is 2.20 bits per heavy atom. The van der Waals surface area contributed by atoms with Crippen LogP contribution in [0.1, 0.15) is 96.8 Å². The molecule has 25 heavy (non-hydrogen) atoms. The molecule has 1 atom stereocenters. The summed E-state index contributed by atoms with van der Waals surface area (Å²) in [6.45, 7) is 2.13. The van der Waals surface area contributed by atoms with E-state index in [4.69, 9.17) is 5.53 Å². The van der Waals surface area contributed by atoms with Crippen LogP contribution in [0.2, 0.25) is 0 Å². The topological polar surface area (TPSA) is 92.1 Å². The second-order valence-electron chi connectivity index (χ2n) is 6.63. The van der Waals surface area contributed by atoms with Gasteiger partial charge in [0.15, 0.2) is 0 Å². The van der Waals surface area contributed by atoms with Crippen LogP contribution in [0.5, 0.6) is 0 Å². The van der Waals surface area contributed by atoms with Crippen molar-refractivity contribution in [3.63, 3.8) is 0 Å². The van der Waals surface area contributed by atoms with Gasteiger partial charge in [-0.3, -0.25) is 9.59 Å². The van der Waals surface area contributed by atoms with Gasteiger partial charge in [0.05, 0.1) is 7.11 Å². The molecule has 0 saturated heterocycles. The minimum Gasteiger partial charge on any atom is -0.469 e. The first-order chi connectivity index (χ1) is 12.1. The zero-order valence-electron chi connectivity index (χ0n) is 16.0. The molecule has 0 radical (unpaired) electrons. The average Bonchev–Trinajstić information content (AvgIpc) is 2.60. The second kappa shape index (κ2) is 17.3. The minimum atomic E-state index is -0.146. The van der Waals surface area contributed by atoms with Crippen molar-refractivity contribution in [3.05, 3.63) is 10.4 Å². The molecular weight excluding hydrogens is 318 g/mol. The van der Waals surface area contributed by atoms with E-state index in [-0.39, 0.29) is 12.0 Å². The first kappa shape index (κ1) is 23.4. The number of nitrogens with zero attached hydrogens (tertiary/aromatic N) is 3. The second-order valence-corrected chi connectivity index (χ2v) is 6.63. The molecule has 6 nitrogen and oxygen atoms in total. The fraction of sp³-hybridized carbons (Fsp3) is 0.895. The van der Waals surface area contributed by atoms with Crippen LogP contribution in [0.15, 0.2) is 5.11 Å². The van der Waals surface area contributed by atoms with Crippen LogP contribution < -0.4 is 0 Å². The maximum absolute atomic E-state index is 11.8. The van der Waals surface area contributed by atoms with Crippen LogP contribution in [-0.4, -0.2) is 24.9 Å². The monoisotopic (exact) mass is 353 g/mol. The van der Waals surface area contributed by atoms with Crippen LogP contribution in [0.25, 0.3) is 10.4 Å². The molecule has 0 aromatic heterocycles. The molecule has 144 valence electrons. The van der Waals surface area contributed by atoms with Crippen molar-refractivity contribution in [1.29, 1.82) is 0 Å². The number of carbonyl (C=O) groups is 2. The summed E-state index contributed by atoms with van der Waals surface area (Å²) in [7, 11) is 1.41. The van der Waals surface area contributed by atoms with Crippen LogP contribution in [0.4, 0.5) is 0 Å². The third kappa shape index (κ3) is 15.7. The average molecular weight is 354 g/mol. The van der Waals surface area contributed by atoms with E-state index in [1.807, 2.05) is 0 Å². The Morgan fingerprint density at radius 1 is 0.920 bits per heavy atom. The Kier molecular flexibility index (Phi) is 16.2. The molecule has 0 aliphatic rings. The van der Waals surface area contributed by atoms with Gasteiger partial charge in [0.25, 0.3) is 0 Å². The molecule has 0 aromatic rings. The standard InChI is InChI=1S/C19H35N3O3/c1-3-4-8-14-18(23)15-11-13-17(21-22-20)12-9-6-5-7-10-16-19(24)25-2/h17H,3-16H2,1-2H3. The summed E-state index contributed by atoms with van der Waals surface area (Å²) in [6, 6.07) is 0.00325. The molecule has 0 fully saturated rings. The van der Waals surface area contributed by atoms with Crippen molar-refractivity contribution >= 4 is 11.8 Å². The molecule has 0 aromatic carbocycles. The zero-order chi connectivity index (χ0) is 18.8. The van der Waals surface area contributed by atoms with Crippen LogP contribution in [0.3, 0.4) is 0 Å². The van der Waals surface area contributed by atoms with Gasteiger partial charge in [0.1, 0.15) is 5.78 Å². The summed E-state index contributed by atoms with van der Waals surface area (Å²) < 4.78 is 4.61. The summed E-state index contributed by atoms with van der Waals surface area (Å²) >= 11 is 0. The number of rotatable bonds is 17. The number of azide groups is 1. The third-order valence-electron chi connectivity index (χ3n) is 4.41. The molecule has 0 rings (SSSR count). The van der Waals surface area contributed by atoms with Crippen LogP contribution >= 0.6 is 0 Å². The normalized spacial score (nSPS) is 11.6. The Labute approximate surface area is 152 Å². The highest BCUT2D eigenvalue weighted by Gasteiger charge is 2.08. The Morgan fingerprint density at radius 2 is 1.52 bits per heavy atom. The summed E-state index contributed by atoms with van der Waals surface area (Å²) in [5.41, 5.74) is 8.68. The van der Waals surface area contributed by atoms with Gasteiger partial charge in [-0.25, -0.2) is 0 Å². The molecule has 0 heterocycles. The number of Topliss-reactive ketones (excluding diaryl/α,β-unsaturated/α-hetero) is 1. The maximum atomic E-state index is 11.8. The SMILES string of the molecule is CCCCCC(=O)CCCC(CCCCCCCC(=O)OC)N=[N+]=[N-]. The van der Waals surface area contributed by atoms with Crippen molar-refractivity contribution in [2.24, 2.45) is 5.11 Å². The van der Waals surface area contributed by atoms with E-state index in [0.717, 1.165) is 70.6 Å². The Hall–Kier alpha value is -1.55. The summed E-state index contributed by atoms with van der Waals surface area (Å²) in [5, 5.41) is 3.87. The molecule has 0 amide bonds. The quantitative estimate of drug-likeness (QED) is 0.107. The van der Waals surface area contributed by atoms with E-state index in [0.29, 0.717) is 25.0 Å². The summed E-state index contributed by atoms with van der Waals surface area (Å²) in [4.78, 5) is 25.7. The largest absolute Gasteiger partial charge is 0.469 e. The molecular formula is C19H35N3O3. The van der Waals surface area contributed by atoms with Crippen molar-refractivity contribution in [1.82, 2.24) is 0 Å². The number of unbranched alkanes of at least 4 members (excludes halogenated alkanes) is 6. The van der Waals surface area contributed by atoms with Gasteiger partial charge in [-0.15, -0.1) is 0 Å². The number of hydrogen-bond donors (Lipinski definition) is 0. The first-order valence-corrected chi connectivity index (χ1v) is 9.76. The fourth-order valence-electron chi connectivity index (χ4n) is 2.85. The lowest BCUT2D eigenvalue weighted by Crippen LogP contribution is -2.06. The van der Waals surface area contributed by atoms with Gasteiger partial charge >= 0.3 is 5.97 Å². The highest BCUT2D eigenvalue weighted by Crippen LogP contribution is 2.16. The maximum Gasteiger partial charge on any atom is 0.305 e. The zero-order valence-corrected chi connectivity index (χ0v) is 16.0. The molecule has 0 aliphatic heterocycles.